The third kappa shape index (κ3) is 3.98. The molecule has 0 saturated carbocycles. The number of amides is 4. The maximum atomic E-state index is 13.3. The molecule has 1 aliphatic rings. The number of nitrogens with one attached hydrogen (secondary N) is 1. The van der Waals surface area contributed by atoms with Crippen LogP contribution >= 0.6 is 11.6 Å². The van der Waals surface area contributed by atoms with Crippen LogP contribution in [0.15, 0.2) is 72.8 Å². The third-order valence-corrected chi connectivity index (χ3v) is 5.54. The summed E-state index contributed by atoms with van der Waals surface area (Å²) in [5.41, 5.74) is 6.93. The van der Waals surface area contributed by atoms with Gasteiger partial charge in [-0.1, -0.05) is 54.1 Å². The van der Waals surface area contributed by atoms with Crippen molar-refractivity contribution in [1.82, 2.24) is 4.90 Å². The lowest BCUT2D eigenvalue weighted by Gasteiger charge is -2.25. The first-order valence-corrected chi connectivity index (χ1v) is 10.2. The first-order valence-electron chi connectivity index (χ1n) is 9.78. The highest BCUT2D eigenvalue weighted by Crippen LogP contribution is 2.27. The van der Waals surface area contributed by atoms with Gasteiger partial charge in [0.05, 0.1) is 21.7 Å². The molecule has 0 spiro atoms. The van der Waals surface area contributed by atoms with E-state index in [0.29, 0.717) is 0 Å². The molecule has 4 rings (SSSR count). The van der Waals surface area contributed by atoms with Crippen LogP contribution in [0, 0.1) is 0 Å². The Morgan fingerprint density at radius 3 is 2.09 bits per heavy atom. The van der Waals surface area contributed by atoms with Crippen molar-refractivity contribution in [3.05, 3.63) is 100 Å². The summed E-state index contributed by atoms with van der Waals surface area (Å²) in [6.45, 7) is 0. The van der Waals surface area contributed by atoms with Crippen molar-refractivity contribution in [3.63, 3.8) is 0 Å². The highest BCUT2D eigenvalue weighted by Gasteiger charge is 2.42. The predicted octanol–water partition coefficient (Wildman–Crippen LogP) is 3.28. The van der Waals surface area contributed by atoms with E-state index < -0.39 is 29.7 Å². The minimum Gasteiger partial charge on any atom is -0.366 e. The molecule has 3 N–H and O–H groups in total. The van der Waals surface area contributed by atoms with Crippen molar-refractivity contribution in [1.29, 1.82) is 0 Å². The van der Waals surface area contributed by atoms with Gasteiger partial charge in [0.25, 0.3) is 11.8 Å². The number of rotatable bonds is 6. The molecule has 1 heterocycles. The Labute approximate surface area is 188 Å². The Morgan fingerprint density at radius 1 is 0.906 bits per heavy atom. The fourth-order valence-corrected chi connectivity index (χ4v) is 3.86. The first-order chi connectivity index (χ1) is 15.4. The van der Waals surface area contributed by atoms with Gasteiger partial charge in [-0.25, -0.2) is 0 Å². The predicted molar refractivity (Wildman–Crippen MR) is 119 cm³/mol. The van der Waals surface area contributed by atoms with Gasteiger partial charge in [-0.05, 0) is 35.9 Å². The molecule has 0 saturated heterocycles. The number of halogens is 1. The zero-order chi connectivity index (χ0) is 22.8. The van der Waals surface area contributed by atoms with Crippen molar-refractivity contribution >= 4 is 40.9 Å². The molecule has 4 amide bonds. The summed E-state index contributed by atoms with van der Waals surface area (Å²) in [5.74, 6) is -2.39. The second kappa shape index (κ2) is 8.64. The van der Waals surface area contributed by atoms with E-state index >= 15 is 0 Å². The second-order valence-electron chi connectivity index (χ2n) is 7.28. The Morgan fingerprint density at radius 2 is 1.50 bits per heavy atom. The van der Waals surface area contributed by atoms with Crippen LogP contribution in [0.5, 0.6) is 0 Å². The van der Waals surface area contributed by atoms with Crippen LogP contribution < -0.4 is 11.1 Å². The maximum absolute atomic E-state index is 13.3. The first kappa shape index (κ1) is 21.3. The van der Waals surface area contributed by atoms with E-state index in [1.54, 1.807) is 24.3 Å². The number of imide groups is 1. The van der Waals surface area contributed by atoms with Crippen LogP contribution in [0.1, 0.15) is 36.6 Å². The van der Waals surface area contributed by atoms with Gasteiger partial charge in [0.2, 0.25) is 11.8 Å². The summed E-state index contributed by atoms with van der Waals surface area (Å²) in [6, 6.07) is 18.7. The van der Waals surface area contributed by atoms with E-state index in [-0.39, 0.29) is 33.8 Å². The van der Waals surface area contributed by atoms with Gasteiger partial charge in [0.1, 0.15) is 6.04 Å². The van der Waals surface area contributed by atoms with Gasteiger partial charge in [0, 0.05) is 12.1 Å². The summed E-state index contributed by atoms with van der Waals surface area (Å²) in [7, 11) is 0. The SMILES string of the molecule is NC(=O)c1cc(NC(=O)C(Cc2ccccc2)N2C(=O)c3ccccc3C2=O)ccc1Cl. The number of carbonyl (C=O) groups is 4. The van der Waals surface area contributed by atoms with Gasteiger partial charge in [-0.2, -0.15) is 0 Å². The zero-order valence-corrected chi connectivity index (χ0v) is 17.5. The number of anilines is 1. The van der Waals surface area contributed by atoms with Crippen molar-refractivity contribution in [2.24, 2.45) is 5.73 Å². The number of carbonyl (C=O) groups excluding carboxylic acids is 4. The molecule has 0 bridgehead atoms. The van der Waals surface area contributed by atoms with E-state index in [0.717, 1.165) is 10.5 Å². The second-order valence-corrected chi connectivity index (χ2v) is 7.69. The molecule has 1 unspecified atom stereocenters. The molecule has 7 nitrogen and oxygen atoms in total. The Bertz CT molecular complexity index is 1210. The number of benzene rings is 3. The van der Waals surface area contributed by atoms with Crippen LogP contribution in [-0.4, -0.2) is 34.6 Å². The molecule has 160 valence electrons. The minimum atomic E-state index is -1.11. The van der Waals surface area contributed by atoms with Crippen molar-refractivity contribution < 1.29 is 19.2 Å². The smallest absolute Gasteiger partial charge is 0.262 e. The number of primary amides is 1. The lowest BCUT2D eigenvalue weighted by atomic mass is 10.0. The molecule has 0 aromatic heterocycles. The van der Waals surface area contributed by atoms with Crippen LogP contribution in [0.3, 0.4) is 0 Å². The lowest BCUT2D eigenvalue weighted by Crippen LogP contribution is -2.48. The lowest BCUT2D eigenvalue weighted by molar-refractivity contribution is -0.119. The average Bonchev–Trinajstić information content (AvgIpc) is 3.04. The Kier molecular flexibility index (Phi) is 5.75. The standard InChI is InChI=1S/C24H18ClN3O4/c25-19-11-10-15(13-18(19)21(26)29)27-22(30)20(12-14-6-2-1-3-7-14)28-23(31)16-8-4-5-9-17(16)24(28)32/h1-11,13,20H,12H2,(H2,26,29)(H,27,30). The Balaban J connectivity index is 1.68. The summed E-state index contributed by atoms with van der Waals surface area (Å²) >= 11 is 5.98. The van der Waals surface area contributed by atoms with E-state index in [1.807, 2.05) is 30.3 Å². The topological polar surface area (TPSA) is 110 Å². The monoisotopic (exact) mass is 447 g/mol. The van der Waals surface area contributed by atoms with Crippen LogP contribution in [0.2, 0.25) is 5.02 Å². The minimum absolute atomic E-state index is 0.0461. The van der Waals surface area contributed by atoms with E-state index in [1.165, 1.54) is 18.2 Å². The van der Waals surface area contributed by atoms with Gasteiger partial charge in [0.15, 0.2) is 0 Å². The highest BCUT2D eigenvalue weighted by molar-refractivity contribution is 6.34. The molecule has 1 aliphatic heterocycles. The van der Waals surface area contributed by atoms with Crippen LogP contribution in [0.25, 0.3) is 0 Å². The molecular formula is C24H18ClN3O4. The van der Waals surface area contributed by atoms with Gasteiger partial charge >= 0.3 is 0 Å². The van der Waals surface area contributed by atoms with Crippen molar-refractivity contribution in [2.45, 2.75) is 12.5 Å². The average molecular weight is 448 g/mol. The van der Waals surface area contributed by atoms with Crippen molar-refractivity contribution in [2.75, 3.05) is 5.32 Å². The van der Waals surface area contributed by atoms with Gasteiger partial charge < -0.3 is 11.1 Å². The number of hydrogen-bond donors (Lipinski definition) is 2. The quantitative estimate of drug-likeness (QED) is 0.565. The molecule has 0 aliphatic carbocycles. The summed E-state index contributed by atoms with van der Waals surface area (Å²) in [5, 5.41) is 2.83. The highest BCUT2D eigenvalue weighted by atomic mass is 35.5. The fourth-order valence-electron chi connectivity index (χ4n) is 3.65. The molecule has 32 heavy (non-hydrogen) atoms. The van der Waals surface area contributed by atoms with E-state index in [4.69, 9.17) is 17.3 Å². The van der Waals surface area contributed by atoms with Crippen LogP contribution in [-0.2, 0) is 11.2 Å². The Hall–Kier alpha value is -3.97. The van der Waals surface area contributed by atoms with E-state index in [2.05, 4.69) is 5.32 Å². The molecule has 0 radical (unpaired) electrons. The van der Waals surface area contributed by atoms with Crippen molar-refractivity contribution in [3.8, 4) is 0 Å². The van der Waals surface area contributed by atoms with Crippen LogP contribution in [0.4, 0.5) is 5.69 Å². The van der Waals surface area contributed by atoms with Gasteiger partial charge in [-0.15, -0.1) is 0 Å². The number of nitrogens with zero attached hydrogens (tertiary/aromatic N) is 1. The number of hydrogen-bond acceptors (Lipinski definition) is 4. The number of nitrogens with two attached hydrogens (primary N) is 1. The third-order valence-electron chi connectivity index (χ3n) is 5.21. The summed E-state index contributed by atoms with van der Waals surface area (Å²) in [4.78, 5) is 51.9. The van der Waals surface area contributed by atoms with E-state index in [9.17, 15) is 19.2 Å². The maximum Gasteiger partial charge on any atom is 0.262 e. The summed E-state index contributed by atoms with van der Waals surface area (Å²) < 4.78 is 0. The normalized spacial score (nSPS) is 13.6. The zero-order valence-electron chi connectivity index (χ0n) is 16.7. The van der Waals surface area contributed by atoms with Gasteiger partial charge in [-0.3, -0.25) is 24.1 Å². The fraction of sp³-hybridized carbons (Fsp3) is 0.0833. The largest absolute Gasteiger partial charge is 0.366 e. The molecule has 8 heteroatoms. The molecular weight excluding hydrogens is 430 g/mol. The number of fused-ring (bicyclic) bond motifs is 1. The molecule has 0 fully saturated rings. The summed E-state index contributed by atoms with van der Waals surface area (Å²) in [6.07, 6.45) is 0.119. The molecule has 1 atom stereocenters. The molecule has 3 aromatic rings. The molecule has 3 aromatic carbocycles.